The van der Waals surface area contributed by atoms with E-state index in [1.54, 1.807) is 6.07 Å². The summed E-state index contributed by atoms with van der Waals surface area (Å²) in [5.41, 5.74) is 23.4. The normalized spacial score (nSPS) is 11.2. The molecule has 14 aromatic carbocycles. The lowest BCUT2D eigenvalue weighted by Crippen LogP contribution is -2.04. The SMILES string of the molecule is N#Cc1cccc(-c2cccc(-c3nc(-c4cc(-n5c6ccc(-c7ccccc7)cc6c6cc(-c7ccccc7)ccc65)ccc4-c4cccc(C#N)c4)nc(-c4cc(-n5c6ccc(-c7ccccc7)cc6c6cc(-c7ccccc7)ccc65)ccc4-c4cccc(C#N)c4)n3)c2)c1. The van der Waals surface area contributed by atoms with E-state index < -0.39 is 0 Å². The molecule has 98 heavy (non-hydrogen) atoms. The molecule has 0 bridgehead atoms. The molecule has 3 aromatic heterocycles. The number of benzene rings is 14. The van der Waals surface area contributed by atoms with Gasteiger partial charge < -0.3 is 9.13 Å². The van der Waals surface area contributed by atoms with Crippen molar-refractivity contribution >= 4 is 43.6 Å². The van der Waals surface area contributed by atoms with Crippen molar-refractivity contribution in [3.8, 4) is 142 Å². The first-order valence-corrected chi connectivity index (χ1v) is 32.5. The van der Waals surface area contributed by atoms with Gasteiger partial charge in [-0.2, -0.15) is 15.8 Å². The molecule has 0 radical (unpaired) electrons. The highest BCUT2D eigenvalue weighted by Crippen LogP contribution is 2.44. The highest BCUT2D eigenvalue weighted by atomic mass is 15.0. The number of rotatable bonds is 12. The Balaban J connectivity index is 0.939. The van der Waals surface area contributed by atoms with E-state index in [1.165, 1.54) is 0 Å². The highest BCUT2D eigenvalue weighted by Gasteiger charge is 2.24. The second-order valence-electron chi connectivity index (χ2n) is 24.5. The van der Waals surface area contributed by atoms with E-state index in [0.717, 1.165) is 138 Å². The maximum atomic E-state index is 10.5. The van der Waals surface area contributed by atoms with Crippen molar-refractivity contribution in [2.24, 2.45) is 0 Å². The third-order valence-electron chi connectivity index (χ3n) is 18.6. The van der Waals surface area contributed by atoms with Crippen molar-refractivity contribution in [2.45, 2.75) is 0 Å². The molecule has 0 spiro atoms. The summed E-state index contributed by atoms with van der Waals surface area (Å²) in [5, 5.41) is 35.4. The van der Waals surface area contributed by atoms with Gasteiger partial charge in [0, 0.05) is 49.6 Å². The van der Waals surface area contributed by atoms with Gasteiger partial charge in [-0.25, -0.2) is 15.0 Å². The van der Waals surface area contributed by atoms with Crippen molar-refractivity contribution in [1.29, 1.82) is 15.8 Å². The maximum Gasteiger partial charge on any atom is 0.164 e. The zero-order chi connectivity index (χ0) is 65.6. The number of hydrogen-bond donors (Lipinski definition) is 0. The minimum atomic E-state index is 0.389. The third kappa shape index (κ3) is 10.6. The van der Waals surface area contributed by atoms with Crippen LogP contribution in [0.1, 0.15) is 16.7 Å². The summed E-state index contributed by atoms with van der Waals surface area (Å²) in [5.74, 6) is 1.19. The first-order chi connectivity index (χ1) is 48.4. The van der Waals surface area contributed by atoms with Gasteiger partial charge in [0.05, 0.1) is 57.0 Å². The van der Waals surface area contributed by atoms with Gasteiger partial charge in [-0.1, -0.05) is 212 Å². The van der Waals surface area contributed by atoms with Gasteiger partial charge in [-0.05, 0) is 193 Å². The molecule has 0 fully saturated rings. The van der Waals surface area contributed by atoms with Gasteiger partial charge in [-0.3, -0.25) is 0 Å². The Morgan fingerprint density at radius 1 is 0.204 bits per heavy atom. The monoisotopic (exact) mass is 1250 g/mol. The molecule has 0 saturated heterocycles. The van der Waals surface area contributed by atoms with Gasteiger partial charge in [-0.15, -0.1) is 0 Å². The van der Waals surface area contributed by atoms with Crippen LogP contribution in [0.2, 0.25) is 0 Å². The van der Waals surface area contributed by atoms with E-state index in [-0.39, 0.29) is 0 Å². The topological polar surface area (TPSA) is 120 Å². The lowest BCUT2D eigenvalue weighted by Gasteiger charge is -2.18. The van der Waals surface area contributed by atoms with Crippen molar-refractivity contribution in [1.82, 2.24) is 24.1 Å². The summed E-state index contributed by atoms with van der Waals surface area (Å²) < 4.78 is 4.66. The number of fused-ring (bicyclic) bond motifs is 6. The van der Waals surface area contributed by atoms with Crippen LogP contribution in [0.5, 0.6) is 0 Å². The second kappa shape index (κ2) is 24.6. The zero-order valence-electron chi connectivity index (χ0n) is 52.8. The van der Waals surface area contributed by atoms with Crippen LogP contribution < -0.4 is 0 Å². The third-order valence-corrected chi connectivity index (χ3v) is 18.6. The molecule has 17 aromatic rings. The standard InChI is InChI=1S/C90H54N8/c91-55-58-17-13-28-65(45-58)66-29-16-32-73(48-66)88-94-89(82-53-74(37-39-76(82)71-30-14-18-59(46-71)56-92)97-84-41-33-67(61-20-5-1-6-21-61)49-78(84)79-50-68(34-42-85(79)97)62-22-7-2-8-23-62)96-90(95-88)83-54-75(38-40-77(83)72-31-15-19-60(47-72)57-93)98-86-43-35-69(63-24-9-3-10-25-63)51-80(86)81-52-70(36-44-87(81)98)64-26-11-4-12-27-64/h1-54H. The minimum Gasteiger partial charge on any atom is -0.309 e. The van der Waals surface area contributed by atoms with E-state index in [9.17, 15) is 15.8 Å². The first-order valence-electron chi connectivity index (χ1n) is 32.5. The average Bonchev–Trinajstić information content (AvgIpc) is 1.53. The molecule has 17 rings (SSSR count). The first kappa shape index (κ1) is 58.0. The fourth-order valence-corrected chi connectivity index (χ4v) is 13.9. The van der Waals surface area contributed by atoms with Crippen LogP contribution in [0.25, 0.3) is 167 Å². The van der Waals surface area contributed by atoms with E-state index in [4.69, 9.17) is 15.0 Å². The molecule has 0 atom stereocenters. The van der Waals surface area contributed by atoms with Crippen LogP contribution in [0.4, 0.5) is 0 Å². The summed E-state index contributed by atoms with van der Waals surface area (Å²) in [6.45, 7) is 0. The van der Waals surface area contributed by atoms with Crippen LogP contribution in [-0.4, -0.2) is 24.1 Å². The summed E-state index contributed by atoms with van der Waals surface area (Å²) in [7, 11) is 0. The number of nitriles is 3. The molecule has 454 valence electrons. The fourth-order valence-electron chi connectivity index (χ4n) is 13.9. The Kier molecular flexibility index (Phi) is 14.5. The Morgan fingerprint density at radius 3 is 0.847 bits per heavy atom. The van der Waals surface area contributed by atoms with Gasteiger partial charge >= 0.3 is 0 Å². The molecule has 0 saturated carbocycles. The van der Waals surface area contributed by atoms with Gasteiger partial charge in [0.2, 0.25) is 0 Å². The van der Waals surface area contributed by atoms with Gasteiger partial charge in [0.1, 0.15) is 0 Å². The molecular formula is C90H54N8. The summed E-state index contributed by atoms with van der Waals surface area (Å²) in [6, 6.07) is 120. The Morgan fingerprint density at radius 2 is 0.490 bits per heavy atom. The lowest BCUT2D eigenvalue weighted by molar-refractivity contribution is 1.07. The molecule has 0 aliphatic carbocycles. The lowest BCUT2D eigenvalue weighted by atomic mass is 9.95. The van der Waals surface area contributed by atoms with Crippen LogP contribution in [0.15, 0.2) is 328 Å². The smallest absolute Gasteiger partial charge is 0.164 e. The summed E-state index contributed by atoms with van der Waals surface area (Å²) in [6.07, 6.45) is 0. The molecule has 8 heteroatoms. The molecule has 0 unspecified atom stereocenters. The zero-order valence-corrected chi connectivity index (χ0v) is 52.8. The molecule has 0 amide bonds. The van der Waals surface area contributed by atoms with E-state index in [0.29, 0.717) is 45.3 Å². The molecule has 3 heterocycles. The second-order valence-corrected chi connectivity index (χ2v) is 24.5. The predicted octanol–water partition coefficient (Wildman–Crippen LogP) is 22.4. The number of nitrogens with zero attached hydrogens (tertiary/aromatic N) is 8. The highest BCUT2D eigenvalue weighted by molar-refractivity contribution is 6.13. The number of hydrogen-bond acceptors (Lipinski definition) is 6. The van der Waals surface area contributed by atoms with Crippen molar-refractivity contribution in [3.63, 3.8) is 0 Å². The van der Waals surface area contributed by atoms with Crippen molar-refractivity contribution in [2.75, 3.05) is 0 Å². The Bertz CT molecular complexity index is 5630. The van der Waals surface area contributed by atoms with E-state index in [1.807, 2.05) is 109 Å². The molecule has 0 N–H and O–H groups in total. The minimum absolute atomic E-state index is 0.389. The van der Waals surface area contributed by atoms with E-state index >= 15 is 0 Å². The van der Waals surface area contributed by atoms with Gasteiger partial charge in [0.15, 0.2) is 17.5 Å². The van der Waals surface area contributed by atoms with Crippen LogP contribution in [0.3, 0.4) is 0 Å². The van der Waals surface area contributed by atoms with Crippen molar-refractivity contribution < 1.29 is 0 Å². The maximum absolute atomic E-state index is 10.5. The average molecular weight is 1250 g/mol. The molecular weight excluding hydrogens is 1190 g/mol. The quantitative estimate of drug-likeness (QED) is 0.120. The number of aromatic nitrogens is 5. The Labute approximate surface area is 566 Å². The summed E-state index contributed by atoms with van der Waals surface area (Å²) >= 11 is 0. The fraction of sp³-hybridized carbons (Fsp3) is 0. The molecule has 8 nitrogen and oxygen atoms in total. The predicted molar refractivity (Wildman–Crippen MR) is 397 cm³/mol. The van der Waals surface area contributed by atoms with Crippen LogP contribution in [0, 0.1) is 34.0 Å². The molecule has 0 aliphatic heterocycles. The van der Waals surface area contributed by atoms with Crippen LogP contribution in [-0.2, 0) is 0 Å². The van der Waals surface area contributed by atoms with Crippen LogP contribution >= 0.6 is 0 Å². The molecule has 0 aliphatic rings. The summed E-state index contributed by atoms with van der Waals surface area (Å²) in [4.78, 5) is 16.9. The van der Waals surface area contributed by atoms with Crippen molar-refractivity contribution in [3.05, 3.63) is 344 Å². The van der Waals surface area contributed by atoms with Gasteiger partial charge in [0.25, 0.3) is 0 Å². The van der Waals surface area contributed by atoms with E-state index in [2.05, 4.69) is 240 Å². The Hall–Kier alpha value is -13.8. The largest absolute Gasteiger partial charge is 0.309 e.